The van der Waals surface area contributed by atoms with Gasteiger partial charge in [-0.25, -0.2) is 0 Å². The van der Waals surface area contributed by atoms with Crippen molar-refractivity contribution in [1.82, 2.24) is 5.32 Å². The predicted molar refractivity (Wildman–Crippen MR) is 103 cm³/mol. The minimum absolute atomic E-state index is 0.497. The zero-order valence-electron chi connectivity index (χ0n) is 12.6. The van der Waals surface area contributed by atoms with Gasteiger partial charge in [0.15, 0.2) is 0 Å². The number of hydrogen-bond acceptors (Lipinski definition) is 3. The van der Waals surface area contributed by atoms with Crippen LogP contribution in [0.1, 0.15) is 25.8 Å². The highest BCUT2D eigenvalue weighted by molar-refractivity contribution is 9.10. The van der Waals surface area contributed by atoms with Gasteiger partial charge >= 0.3 is 0 Å². The second-order valence-corrected chi connectivity index (χ2v) is 9.51. The Kier molecular flexibility index (Phi) is 7.77. The molecule has 0 bridgehead atoms. The third-order valence-corrected chi connectivity index (χ3v) is 7.84. The van der Waals surface area contributed by atoms with Crippen LogP contribution in [0, 0.1) is 0 Å². The summed E-state index contributed by atoms with van der Waals surface area (Å²) in [6.45, 7) is 5.67. The lowest BCUT2D eigenvalue weighted by Crippen LogP contribution is -2.46. The molecule has 0 amide bonds. The highest BCUT2D eigenvalue weighted by Crippen LogP contribution is 2.35. The maximum absolute atomic E-state index is 6.41. The van der Waals surface area contributed by atoms with Gasteiger partial charge < -0.3 is 5.32 Å². The van der Waals surface area contributed by atoms with Gasteiger partial charge in [0.25, 0.3) is 0 Å². The van der Waals surface area contributed by atoms with E-state index in [0.717, 1.165) is 22.5 Å². The molecule has 0 aliphatic carbocycles. The molecule has 1 aromatic carbocycles. The summed E-state index contributed by atoms with van der Waals surface area (Å²) in [4.78, 5) is 0. The van der Waals surface area contributed by atoms with E-state index in [-0.39, 0.29) is 0 Å². The molecule has 1 aliphatic heterocycles. The summed E-state index contributed by atoms with van der Waals surface area (Å²) in [5, 5.41) is 5.99. The minimum Gasteiger partial charge on any atom is -0.313 e. The second kappa shape index (κ2) is 9.07. The van der Waals surface area contributed by atoms with Crippen LogP contribution in [0.4, 0.5) is 0 Å². The average molecular weight is 409 g/mol. The molecular formula is C16H23BrClNS2. The van der Waals surface area contributed by atoms with Crippen LogP contribution in [0.15, 0.2) is 22.7 Å². The summed E-state index contributed by atoms with van der Waals surface area (Å²) in [5.41, 5.74) is 1.25. The normalized spacial score (nSPS) is 24.0. The number of benzene rings is 1. The lowest BCUT2D eigenvalue weighted by Gasteiger charge is -2.35. The van der Waals surface area contributed by atoms with Gasteiger partial charge in [0.05, 0.1) is 0 Å². The largest absolute Gasteiger partial charge is 0.313 e. The smallest absolute Gasteiger partial charge is 0.0449 e. The fourth-order valence-electron chi connectivity index (χ4n) is 2.65. The summed E-state index contributed by atoms with van der Waals surface area (Å²) >= 11 is 14.1. The molecule has 3 atom stereocenters. The van der Waals surface area contributed by atoms with E-state index < -0.39 is 0 Å². The van der Waals surface area contributed by atoms with Crippen molar-refractivity contribution in [1.29, 1.82) is 0 Å². The summed E-state index contributed by atoms with van der Waals surface area (Å²) in [6, 6.07) is 6.74. The Morgan fingerprint density at radius 1 is 1.38 bits per heavy atom. The van der Waals surface area contributed by atoms with Crippen LogP contribution in [0.2, 0.25) is 5.02 Å². The van der Waals surface area contributed by atoms with E-state index in [1.807, 2.05) is 6.07 Å². The van der Waals surface area contributed by atoms with E-state index >= 15 is 0 Å². The third kappa shape index (κ3) is 5.35. The molecule has 0 radical (unpaired) electrons. The van der Waals surface area contributed by atoms with Crippen molar-refractivity contribution in [3.8, 4) is 0 Å². The van der Waals surface area contributed by atoms with Gasteiger partial charge in [-0.3, -0.25) is 0 Å². The zero-order valence-corrected chi connectivity index (χ0v) is 16.5. The van der Waals surface area contributed by atoms with Crippen molar-refractivity contribution < 1.29 is 0 Å². The van der Waals surface area contributed by atoms with Crippen molar-refractivity contribution in [3.63, 3.8) is 0 Å². The van der Waals surface area contributed by atoms with E-state index in [9.17, 15) is 0 Å². The fraction of sp³-hybridized carbons (Fsp3) is 0.625. The van der Waals surface area contributed by atoms with Crippen LogP contribution in [-0.4, -0.2) is 34.6 Å². The van der Waals surface area contributed by atoms with Gasteiger partial charge in [-0.15, -0.1) is 0 Å². The van der Waals surface area contributed by atoms with E-state index in [2.05, 4.69) is 70.8 Å². The van der Waals surface area contributed by atoms with Crippen LogP contribution >= 0.6 is 51.1 Å². The molecule has 1 saturated heterocycles. The topological polar surface area (TPSA) is 12.0 Å². The maximum Gasteiger partial charge on any atom is 0.0449 e. The van der Waals surface area contributed by atoms with Crippen LogP contribution < -0.4 is 5.32 Å². The van der Waals surface area contributed by atoms with E-state index in [1.165, 1.54) is 23.5 Å². The van der Waals surface area contributed by atoms with Crippen molar-refractivity contribution in [2.45, 2.75) is 43.2 Å². The van der Waals surface area contributed by atoms with E-state index in [4.69, 9.17) is 11.6 Å². The number of nitrogens with one attached hydrogen (secondary N) is 1. The minimum atomic E-state index is 0.497. The van der Waals surface area contributed by atoms with Gasteiger partial charge in [-0.2, -0.15) is 23.5 Å². The van der Waals surface area contributed by atoms with Crippen molar-refractivity contribution >= 4 is 51.1 Å². The van der Waals surface area contributed by atoms with Crippen LogP contribution in [-0.2, 0) is 6.42 Å². The second-order valence-electron chi connectivity index (χ2n) is 5.41. The van der Waals surface area contributed by atoms with Crippen molar-refractivity contribution in [3.05, 3.63) is 33.3 Å². The van der Waals surface area contributed by atoms with Crippen LogP contribution in [0.25, 0.3) is 0 Å². The molecule has 5 heteroatoms. The lowest BCUT2D eigenvalue weighted by molar-refractivity contribution is 0.486. The first-order valence-corrected chi connectivity index (χ1v) is 10.8. The zero-order chi connectivity index (χ0) is 15.2. The molecule has 0 spiro atoms. The highest BCUT2D eigenvalue weighted by atomic mass is 79.9. The van der Waals surface area contributed by atoms with Crippen LogP contribution in [0.3, 0.4) is 0 Å². The molecule has 1 N–H and O–H groups in total. The summed E-state index contributed by atoms with van der Waals surface area (Å²) < 4.78 is 1.05. The molecule has 1 aliphatic rings. The quantitative estimate of drug-likeness (QED) is 0.690. The molecular weight excluding hydrogens is 386 g/mol. The fourth-order valence-corrected chi connectivity index (χ4v) is 6.36. The molecule has 21 heavy (non-hydrogen) atoms. The molecule has 0 saturated carbocycles. The Morgan fingerprint density at radius 2 is 2.14 bits per heavy atom. The molecule has 1 heterocycles. The lowest BCUT2D eigenvalue weighted by atomic mass is 10.0. The predicted octanol–water partition coefficient (Wildman–Crippen LogP) is 5.25. The Balaban J connectivity index is 2.11. The highest BCUT2D eigenvalue weighted by Gasteiger charge is 2.30. The molecule has 3 unspecified atom stereocenters. The van der Waals surface area contributed by atoms with Gasteiger partial charge in [-0.05, 0) is 37.1 Å². The van der Waals surface area contributed by atoms with Crippen LogP contribution in [0.5, 0.6) is 0 Å². The SMILES string of the molecule is CCCNC(Cc1ccc(Br)cc1Cl)C1SCCSC1C. The number of rotatable bonds is 6. The number of thioether (sulfide) groups is 2. The maximum atomic E-state index is 6.41. The van der Waals surface area contributed by atoms with Crippen molar-refractivity contribution in [2.24, 2.45) is 0 Å². The first-order chi connectivity index (χ1) is 10.1. The van der Waals surface area contributed by atoms with Crippen molar-refractivity contribution in [2.75, 3.05) is 18.1 Å². The Bertz CT molecular complexity index is 458. The van der Waals surface area contributed by atoms with Gasteiger partial charge in [0, 0.05) is 37.5 Å². The molecule has 118 valence electrons. The van der Waals surface area contributed by atoms with Gasteiger partial charge in [-0.1, -0.05) is 47.4 Å². The monoisotopic (exact) mass is 407 g/mol. The Labute approximate surface area is 150 Å². The van der Waals surface area contributed by atoms with Gasteiger partial charge in [0.2, 0.25) is 0 Å². The Hall–Kier alpha value is 0.650. The molecule has 0 aromatic heterocycles. The molecule has 1 nitrogen and oxygen atoms in total. The number of hydrogen-bond donors (Lipinski definition) is 1. The summed E-state index contributed by atoms with van der Waals surface area (Å²) in [6.07, 6.45) is 2.18. The Morgan fingerprint density at radius 3 is 2.81 bits per heavy atom. The van der Waals surface area contributed by atoms with Gasteiger partial charge in [0.1, 0.15) is 0 Å². The summed E-state index contributed by atoms with van der Waals surface area (Å²) in [5.74, 6) is 2.54. The first kappa shape index (κ1) is 18.0. The molecule has 1 fully saturated rings. The average Bonchev–Trinajstić information content (AvgIpc) is 2.46. The van der Waals surface area contributed by atoms with E-state index in [0.29, 0.717) is 16.5 Å². The molecule has 2 rings (SSSR count). The molecule has 1 aromatic rings. The van der Waals surface area contributed by atoms with E-state index in [1.54, 1.807) is 0 Å². The number of halogens is 2. The standard InChI is InChI=1S/C16H23BrClNS2/c1-3-6-19-15(16-11(2)20-7-8-21-16)9-12-4-5-13(17)10-14(12)18/h4-5,10-11,15-16,19H,3,6-9H2,1-2H3. The first-order valence-electron chi connectivity index (χ1n) is 7.52. The third-order valence-electron chi connectivity index (χ3n) is 3.75. The summed E-state index contributed by atoms with van der Waals surface area (Å²) in [7, 11) is 0.